The van der Waals surface area contributed by atoms with Gasteiger partial charge in [0, 0.05) is 0 Å². The Bertz CT molecular complexity index is 1010. The van der Waals surface area contributed by atoms with Crippen LogP contribution in [0, 0.1) is 0 Å². The molecule has 0 bridgehead atoms. The van der Waals surface area contributed by atoms with Crippen molar-refractivity contribution in [3.05, 3.63) is 80.2 Å². The first-order valence-electron chi connectivity index (χ1n) is 11.8. The van der Waals surface area contributed by atoms with Crippen molar-refractivity contribution in [2.45, 2.75) is 80.3 Å². The van der Waals surface area contributed by atoms with Crippen LogP contribution in [-0.2, 0) is 29.8 Å². The summed E-state index contributed by atoms with van der Waals surface area (Å²) in [6.07, 6.45) is 4.89. The van der Waals surface area contributed by atoms with Gasteiger partial charge in [-0.15, -0.1) is 0 Å². The molecule has 0 N–H and O–H groups in total. The molecule has 2 aliphatic rings. The quantitative estimate of drug-likeness (QED) is 0.498. The van der Waals surface area contributed by atoms with Crippen LogP contribution < -0.4 is 10.4 Å². The first-order chi connectivity index (χ1) is 14.6. The summed E-state index contributed by atoms with van der Waals surface area (Å²) < 4.78 is 7.64. The normalized spacial score (nSPS) is 17.8. The van der Waals surface area contributed by atoms with Crippen LogP contribution in [0.3, 0.4) is 0 Å². The number of allylic oxidation sites excluding steroid dienone is 4. The van der Waals surface area contributed by atoms with E-state index in [0.717, 1.165) is 0 Å². The molecule has 0 saturated heterocycles. The van der Waals surface area contributed by atoms with Crippen molar-refractivity contribution in [3.63, 3.8) is 0 Å². The zero-order valence-corrected chi connectivity index (χ0v) is 22.7. The van der Waals surface area contributed by atoms with Gasteiger partial charge in [0.2, 0.25) is 16.6 Å². The third-order valence-corrected chi connectivity index (χ3v) is 18.1. The fourth-order valence-corrected chi connectivity index (χ4v) is 15.0. The Hall–Kier alpha value is -1.69. The van der Waals surface area contributed by atoms with E-state index in [2.05, 4.69) is 91.0 Å². The van der Waals surface area contributed by atoms with E-state index in [4.69, 9.17) is 4.12 Å². The molecule has 0 aromatic heterocycles. The largest absolute Gasteiger partial charge is 0.442 e. The van der Waals surface area contributed by atoms with Crippen LogP contribution in [0.5, 0.6) is 0 Å². The van der Waals surface area contributed by atoms with Crippen LogP contribution in [0.2, 0.25) is 13.1 Å². The van der Waals surface area contributed by atoms with E-state index in [1.54, 1.807) is 0 Å². The van der Waals surface area contributed by atoms with Gasteiger partial charge in [-0.25, -0.2) is 0 Å². The molecule has 1 nitrogen and oxygen atoms in total. The molecule has 3 heteroatoms. The lowest BCUT2D eigenvalue weighted by atomic mass is 9.89. The Morgan fingerprint density at radius 1 is 0.581 bits per heavy atom. The Labute approximate surface area is 191 Å². The van der Waals surface area contributed by atoms with Gasteiger partial charge in [0.05, 0.1) is 0 Å². The van der Waals surface area contributed by atoms with Gasteiger partial charge in [-0.1, -0.05) is 57.9 Å². The third kappa shape index (κ3) is 3.75. The van der Waals surface area contributed by atoms with Crippen molar-refractivity contribution < 1.29 is 4.12 Å². The molecule has 2 atom stereocenters. The Balaban J connectivity index is 1.88. The van der Waals surface area contributed by atoms with Crippen LogP contribution in [0.1, 0.15) is 63.8 Å². The highest BCUT2D eigenvalue weighted by Crippen LogP contribution is 2.32. The van der Waals surface area contributed by atoms with Gasteiger partial charge in [0.15, 0.2) is 0 Å². The van der Waals surface area contributed by atoms with Crippen LogP contribution >= 0.6 is 0 Å². The van der Waals surface area contributed by atoms with E-state index in [-0.39, 0.29) is 0 Å². The summed E-state index contributed by atoms with van der Waals surface area (Å²) in [5.41, 5.74) is 8.92. The predicted molar refractivity (Wildman–Crippen MR) is 139 cm³/mol. The highest BCUT2D eigenvalue weighted by Gasteiger charge is 2.46. The Kier molecular flexibility index (Phi) is 5.82. The molecule has 31 heavy (non-hydrogen) atoms. The minimum Gasteiger partial charge on any atom is -0.442 e. The number of hydrogen-bond acceptors (Lipinski definition) is 1. The average molecular weight is 447 g/mol. The van der Waals surface area contributed by atoms with Crippen molar-refractivity contribution in [1.29, 1.82) is 0 Å². The molecule has 0 fully saturated rings. The average Bonchev–Trinajstić information content (AvgIpc) is 2.68. The second-order valence-corrected chi connectivity index (χ2v) is 18.0. The molecule has 0 radical (unpaired) electrons. The van der Waals surface area contributed by atoms with E-state index in [9.17, 15) is 0 Å². The summed E-state index contributed by atoms with van der Waals surface area (Å²) in [6, 6.07) is 14.4. The molecule has 164 valence electrons. The van der Waals surface area contributed by atoms with Gasteiger partial charge < -0.3 is 4.12 Å². The van der Waals surface area contributed by atoms with Gasteiger partial charge in [-0.05, 0) is 113 Å². The molecule has 0 saturated carbocycles. The van der Waals surface area contributed by atoms with Crippen LogP contribution in [-0.4, -0.2) is 16.6 Å². The molecule has 0 spiro atoms. The van der Waals surface area contributed by atoms with Gasteiger partial charge >= 0.3 is 0 Å². The highest BCUT2D eigenvalue weighted by molar-refractivity contribution is 7.03. The molecular weight excluding hydrogens is 408 g/mol. The third-order valence-electron chi connectivity index (χ3n) is 8.18. The molecule has 0 heterocycles. The monoisotopic (exact) mass is 446 g/mol. The van der Waals surface area contributed by atoms with Gasteiger partial charge in [-0.2, -0.15) is 0 Å². The van der Waals surface area contributed by atoms with E-state index >= 15 is 0 Å². The van der Waals surface area contributed by atoms with Gasteiger partial charge in [0.1, 0.15) is 0 Å². The summed E-state index contributed by atoms with van der Waals surface area (Å²) >= 11 is 0. The number of aryl methyl sites for hydroxylation is 4. The maximum Gasteiger partial charge on any atom is 0.237 e. The van der Waals surface area contributed by atoms with Crippen LogP contribution in [0.15, 0.2) is 57.9 Å². The lowest BCUT2D eigenvalue weighted by Crippen LogP contribution is -2.63. The molecule has 0 aliphatic heterocycles. The first-order valence-corrected chi connectivity index (χ1v) is 16.6. The van der Waals surface area contributed by atoms with Crippen molar-refractivity contribution in [2.24, 2.45) is 0 Å². The Morgan fingerprint density at radius 2 is 0.935 bits per heavy atom. The number of hydrogen-bond donors (Lipinski definition) is 0. The second-order valence-electron chi connectivity index (χ2n) is 10.4. The lowest BCUT2D eigenvalue weighted by Gasteiger charge is -2.42. The van der Waals surface area contributed by atoms with E-state index in [1.807, 2.05) is 0 Å². The number of fused-ring (bicyclic) bond motifs is 2. The minimum atomic E-state index is -2.35. The van der Waals surface area contributed by atoms with Crippen LogP contribution in [0.25, 0.3) is 0 Å². The summed E-state index contributed by atoms with van der Waals surface area (Å²) in [5.74, 6) is 0. The SMILES string of the molecule is CC(C)=C(C)[Si](C)(O[Si](C)(C(C)=C(C)C)c1ccc2c(c1)CC2)c1ccc2c(c1)CC2. The predicted octanol–water partition coefficient (Wildman–Crippen LogP) is 5.96. The minimum absolute atomic E-state index is 1.22. The fourth-order valence-electron chi connectivity index (χ4n) is 5.05. The van der Waals surface area contributed by atoms with E-state index < -0.39 is 16.6 Å². The molecule has 2 aromatic rings. The summed E-state index contributed by atoms with van der Waals surface area (Å²) in [4.78, 5) is 0. The molecular formula is C28H38OSi2. The topological polar surface area (TPSA) is 9.23 Å². The first kappa shape index (κ1) is 22.5. The molecule has 0 amide bonds. The van der Waals surface area contributed by atoms with Gasteiger partial charge in [0.25, 0.3) is 0 Å². The van der Waals surface area contributed by atoms with Crippen molar-refractivity contribution >= 4 is 27.0 Å². The van der Waals surface area contributed by atoms with Crippen LogP contribution in [0.4, 0.5) is 0 Å². The number of rotatable bonds is 6. The highest BCUT2D eigenvalue weighted by atomic mass is 28.4. The van der Waals surface area contributed by atoms with Crippen molar-refractivity contribution in [3.8, 4) is 0 Å². The standard InChI is InChI=1S/C28H38OSi2/c1-19(2)21(5)30(7,27-15-13-23-9-11-25(23)17-27)29-31(8,22(6)20(3)4)28-16-14-24-10-12-26(24)18-28/h13-18H,9-12H2,1-8H3. The van der Waals surface area contributed by atoms with E-state index in [0.29, 0.717) is 0 Å². The second kappa shape index (κ2) is 8.02. The molecule has 2 unspecified atom stereocenters. The molecule has 2 aromatic carbocycles. The summed E-state index contributed by atoms with van der Waals surface area (Å²) in [5, 5.41) is 5.81. The number of benzene rings is 2. The van der Waals surface area contributed by atoms with E-state index in [1.165, 1.54) is 79.8 Å². The zero-order valence-electron chi connectivity index (χ0n) is 20.7. The van der Waals surface area contributed by atoms with Crippen molar-refractivity contribution in [1.82, 2.24) is 0 Å². The molecule has 4 rings (SSSR count). The lowest BCUT2D eigenvalue weighted by molar-refractivity contribution is 0.573. The van der Waals surface area contributed by atoms with Gasteiger partial charge in [-0.3, -0.25) is 0 Å². The Morgan fingerprint density at radius 3 is 1.19 bits per heavy atom. The maximum absolute atomic E-state index is 7.64. The smallest absolute Gasteiger partial charge is 0.237 e. The maximum atomic E-state index is 7.64. The fraction of sp³-hybridized carbons (Fsp3) is 0.429. The summed E-state index contributed by atoms with van der Waals surface area (Å²) in [7, 11) is -4.69. The zero-order chi connectivity index (χ0) is 22.6. The molecule has 2 aliphatic carbocycles. The van der Waals surface area contributed by atoms with Crippen molar-refractivity contribution in [2.75, 3.05) is 0 Å². The summed E-state index contributed by atoms with van der Waals surface area (Å²) in [6.45, 7) is 18.6.